The fraction of sp³-hybridized carbons (Fsp3) is 0.600. The van der Waals surface area contributed by atoms with Gasteiger partial charge in [0.25, 0.3) is 0 Å². The molecule has 1 aromatic carbocycles. The van der Waals surface area contributed by atoms with Crippen LogP contribution >= 0.6 is 0 Å². The minimum Gasteiger partial charge on any atom is -0.497 e. The van der Waals surface area contributed by atoms with Crippen LogP contribution in [-0.2, 0) is 11.3 Å². The molecule has 106 valence electrons. The molecule has 0 radical (unpaired) electrons. The van der Waals surface area contributed by atoms with Crippen LogP contribution in [0.15, 0.2) is 18.2 Å². The summed E-state index contributed by atoms with van der Waals surface area (Å²) >= 11 is 0. The van der Waals surface area contributed by atoms with Crippen molar-refractivity contribution in [2.45, 2.75) is 32.4 Å². The van der Waals surface area contributed by atoms with Gasteiger partial charge >= 0.3 is 0 Å². The maximum Gasteiger partial charge on any atom is 0.127 e. The lowest BCUT2D eigenvalue weighted by Crippen LogP contribution is -2.16. The second-order valence-corrected chi connectivity index (χ2v) is 4.67. The Morgan fingerprint density at radius 2 is 2.11 bits per heavy atom. The normalized spacial score (nSPS) is 14.4. The minimum absolute atomic E-state index is 0.567. The molecule has 1 aliphatic carbocycles. The van der Waals surface area contributed by atoms with Crippen molar-refractivity contribution >= 4 is 0 Å². The van der Waals surface area contributed by atoms with Crippen LogP contribution < -0.4 is 14.8 Å². The van der Waals surface area contributed by atoms with E-state index < -0.39 is 0 Å². The standard InChI is InChI=1S/C15H23NO3/c1-3-18-8-9-19-15-10-14(17-2)7-4-12(15)11-16-13-5-6-13/h4,7,10,13,16H,3,5-6,8-9,11H2,1-2H3. The molecule has 1 aliphatic rings. The van der Waals surface area contributed by atoms with Gasteiger partial charge in [-0.25, -0.2) is 0 Å². The Labute approximate surface area is 115 Å². The third-order valence-electron chi connectivity index (χ3n) is 3.12. The molecule has 0 bridgehead atoms. The van der Waals surface area contributed by atoms with Crippen LogP contribution in [0.4, 0.5) is 0 Å². The predicted molar refractivity (Wildman–Crippen MR) is 74.8 cm³/mol. The highest BCUT2D eigenvalue weighted by molar-refractivity contribution is 5.40. The van der Waals surface area contributed by atoms with Crippen molar-refractivity contribution in [2.24, 2.45) is 0 Å². The summed E-state index contributed by atoms with van der Waals surface area (Å²) in [5.74, 6) is 1.70. The molecule has 4 heteroatoms. The molecule has 19 heavy (non-hydrogen) atoms. The second-order valence-electron chi connectivity index (χ2n) is 4.67. The SMILES string of the molecule is CCOCCOc1cc(OC)ccc1CNC1CC1. The molecular formula is C15H23NO3. The van der Waals surface area contributed by atoms with Gasteiger partial charge in [0, 0.05) is 30.8 Å². The third-order valence-corrected chi connectivity index (χ3v) is 3.12. The van der Waals surface area contributed by atoms with E-state index in [1.54, 1.807) is 7.11 Å². The number of benzene rings is 1. The van der Waals surface area contributed by atoms with Gasteiger partial charge < -0.3 is 19.5 Å². The van der Waals surface area contributed by atoms with E-state index in [-0.39, 0.29) is 0 Å². The molecule has 1 saturated carbocycles. The van der Waals surface area contributed by atoms with Crippen molar-refractivity contribution in [3.8, 4) is 11.5 Å². The average molecular weight is 265 g/mol. The number of hydrogen-bond acceptors (Lipinski definition) is 4. The van der Waals surface area contributed by atoms with E-state index in [0.717, 1.165) is 24.7 Å². The van der Waals surface area contributed by atoms with Gasteiger partial charge in [-0.1, -0.05) is 6.07 Å². The summed E-state index contributed by atoms with van der Waals surface area (Å²) in [7, 11) is 1.67. The highest BCUT2D eigenvalue weighted by Crippen LogP contribution is 2.26. The Bertz CT molecular complexity index is 391. The highest BCUT2D eigenvalue weighted by Gasteiger charge is 2.20. The molecule has 0 aromatic heterocycles. The van der Waals surface area contributed by atoms with Crippen molar-refractivity contribution < 1.29 is 14.2 Å². The summed E-state index contributed by atoms with van der Waals surface area (Å²) in [6.45, 7) is 4.73. The van der Waals surface area contributed by atoms with Crippen LogP contribution in [-0.4, -0.2) is 33.0 Å². The molecule has 0 aliphatic heterocycles. The fourth-order valence-corrected chi connectivity index (χ4v) is 1.84. The maximum atomic E-state index is 5.79. The largest absolute Gasteiger partial charge is 0.497 e. The summed E-state index contributed by atoms with van der Waals surface area (Å²) in [5, 5.41) is 3.50. The van der Waals surface area contributed by atoms with Crippen molar-refractivity contribution in [3.63, 3.8) is 0 Å². The molecule has 0 unspecified atom stereocenters. The first-order valence-electron chi connectivity index (χ1n) is 6.94. The molecule has 0 heterocycles. The quantitative estimate of drug-likeness (QED) is 0.696. The van der Waals surface area contributed by atoms with Crippen molar-refractivity contribution in [2.75, 3.05) is 26.9 Å². The van der Waals surface area contributed by atoms with Gasteiger partial charge in [-0.2, -0.15) is 0 Å². The molecule has 0 amide bonds. The fourth-order valence-electron chi connectivity index (χ4n) is 1.84. The Morgan fingerprint density at radius 1 is 1.26 bits per heavy atom. The molecule has 4 nitrogen and oxygen atoms in total. The van der Waals surface area contributed by atoms with E-state index in [2.05, 4.69) is 11.4 Å². The Morgan fingerprint density at radius 3 is 2.79 bits per heavy atom. The van der Waals surface area contributed by atoms with Gasteiger partial charge in [-0.3, -0.25) is 0 Å². The monoisotopic (exact) mass is 265 g/mol. The van der Waals surface area contributed by atoms with Gasteiger partial charge in [0.15, 0.2) is 0 Å². The van der Waals surface area contributed by atoms with Gasteiger partial charge in [-0.05, 0) is 25.8 Å². The van der Waals surface area contributed by atoms with Gasteiger partial charge in [0.05, 0.1) is 13.7 Å². The zero-order chi connectivity index (χ0) is 13.5. The zero-order valence-electron chi connectivity index (χ0n) is 11.8. The first-order valence-corrected chi connectivity index (χ1v) is 6.94. The number of rotatable bonds is 9. The molecule has 1 N–H and O–H groups in total. The van der Waals surface area contributed by atoms with Crippen LogP contribution in [0.2, 0.25) is 0 Å². The first-order chi connectivity index (χ1) is 9.33. The lowest BCUT2D eigenvalue weighted by atomic mass is 10.2. The summed E-state index contributed by atoms with van der Waals surface area (Å²) in [5.41, 5.74) is 1.17. The molecule has 0 atom stereocenters. The number of ether oxygens (including phenoxy) is 3. The van der Waals surface area contributed by atoms with Gasteiger partial charge in [0.1, 0.15) is 18.1 Å². The Kier molecular flexibility index (Phi) is 5.48. The van der Waals surface area contributed by atoms with Crippen LogP contribution in [0.3, 0.4) is 0 Å². The molecule has 2 rings (SSSR count). The summed E-state index contributed by atoms with van der Waals surface area (Å²) < 4.78 is 16.3. The lowest BCUT2D eigenvalue weighted by molar-refractivity contribution is 0.109. The van der Waals surface area contributed by atoms with Crippen LogP contribution in [0.1, 0.15) is 25.3 Å². The van der Waals surface area contributed by atoms with Crippen molar-refractivity contribution in [3.05, 3.63) is 23.8 Å². The van der Waals surface area contributed by atoms with E-state index in [1.165, 1.54) is 18.4 Å². The molecular weight excluding hydrogens is 242 g/mol. The molecule has 1 aromatic rings. The van der Waals surface area contributed by atoms with E-state index in [4.69, 9.17) is 14.2 Å². The van der Waals surface area contributed by atoms with Crippen molar-refractivity contribution in [1.82, 2.24) is 5.32 Å². The van der Waals surface area contributed by atoms with E-state index in [0.29, 0.717) is 19.3 Å². The van der Waals surface area contributed by atoms with Crippen LogP contribution in [0.25, 0.3) is 0 Å². The third kappa shape index (κ3) is 4.73. The molecule has 0 spiro atoms. The topological polar surface area (TPSA) is 39.7 Å². The van der Waals surface area contributed by atoms with Crippen LogP contribution in [0.5, 0.6) is 11.5 Å². The summed E-state index contributed by atoms with van der Waals surface area (Å²) in [4.78, 5) is 0. The minimum atomic E-state index is 0.567. The van der Waals surface area contributed by atoms with E-state index >= 15 is 0 Å². The lowest BCUT2D eigenvalue weighted by Gasteiger charge is -2.13. The van der Waals surface area contributed by atoms with E-state index in [9.17, 15) is 0 Å². The smallest absolute Gasteiger partial charge is 0.127 e. The average Bonchev–Trinajstić information content (AvgIpc) is 3.26. The zero-order valence-corrected chi connectivity index (χ0v) is 11.8. The van der Waals surface area contributed by atoms with Gasteiger partial charge in [0.2, 0.25) is 0 Å². The number of hydrogen-bond donors (Lipinski definition) is 1. The Hall–Kier alpha value is -1.26. The summed E-state index contributed by atoms with van der Waals surface area (Å²) in [6.07, 6.45) is 2.58. The Balaban J connectivity index is 1.93. The van der Waals surface area contributed by atoms with E-state index in [1.807, 2.05) is 19.1 Å². The predicted octanol–water partition coefficient (Wildman–Crippen LogP) is 2.36. The molecule has 1 fully saturated rings. The van der Waals surface area contributed by atoms with Gasteiger partial charge in [-0.15, -0.1) is 0 Å². The number of methoxy groups -OCH3 is 1. The van der Waals surface area contributed by atoms with Crippen molar-refractivity contribution in [1.29, 1.82) is 0 Å². The second kappa shape index (κ2) is 7.36. The summed E-state index contributed by atoms with van der Waals surface area (Å²) in [6, 6.07) is 6.66. The maximum absolute atomic E-state index is 5.79. The first kappa shape index (κ1) is 14.2. The van der Waals surface area contributed by atoms with Crippen LogP contribution in [0, 0.1) is 0 Å². The molecule has 0 saturated heterocycles. The highest BCUT2D eigenvalue weighted by atomic mass is 16.5. The number of nitrogens with one attached hydrogen (secondary N) is 1.